The summed E-state index contributed by atoms with van der Waals surface area (Å²) >= 11 is 0. The van der Waals surface area contributed by atoms with E-state index in [4.69, 9.17) is 0 Å². The first-order valence-electron chi connectivity index (χ1n) is 8.48. The van der Waals surface area contributed by atoms with Gasteiger partial charge in [-0.1, -0.05) is 23.4 Å². The molecular formula is C21H20N2O4. The second-order valence-corrected chi connectivity index (χ2v) is 6.33. The van der Waals surface area contributed by atoms with Crippen LogP contribution in [0.2, 0.25) is 0 Å². The number of carbonyl (C=O) groups is 2. The van der Waals surface area contributed by atoms with Crippen LogP contribution in [0.1, 0.15) is 42.4 Å². The van der Waals surface area contributed by atoms with Crippen molar-refractivity contribution >= 4 is 28.4 Å². The highest BCUT2D eigenvalue weighted by Gasteiger charge is 2.21. The van der Waals surface area contributed by atoms with Crippen molar-refractivity contribution in [1.82, 2.24) is 4.57 Å². The number of carbonyl (C=O) groups excluding carboxylic acids is 2. The number of ketones is 1. The third-order valence-corrected chi connectivity index (χ3v) is 4.39. The molecule has 0 aliphatic carbocycles. The van der Waals surface area contributed by atoms with Crippen molar-refractivity contribution in [2.24, 2.45) is 5.16 Å². The van der Waals surface area contributed by atoms with E-state index in [2.05, 4.69) is 9.99 Å². The zero-order valence-electron chi connectivity index (χ0n) is 15.6. The van der Waals surface area contributed by atoms with E-state index < -0.39 is 5.97 Å². The summed E-state index contributed by atoms with van der Waals surface area (Å²) in [6, 6.07) is 13.0. The molecule has 27 heavy (non-hydrogen) atoms. The Hall–Kier alpha value is -3.41. The second kappa shape index (κ2) is 7.07. The van der Waals surface area contributed by atoms with E-state index in [9.17, 15) is 14.7 Å². The molecule has 6 nitrogen and oxygen atoms in total. The maximum absolute atomic E-state index is 12.3. The fourth-order valence-electron chi connectivity index (χ4n) is 3.28. The van der Waals surface area contributed by atoms with Crippen molar-refractivity contribution < 1.29 is 19.5 Å². The van der Waals surface area contributed by atoms with Gasteiger partial charge in [0.1, 0.15) is 5.75 Å². The lowest BCUT2D eigenvalue weighted by Gasteiger charge is -2.10. The van der Waals surface area contributed by atoms with Crippen LogP contribution in [0.5, 0.6) is 5.75 Å². The molecular weight excluding hydrogens is 344 g/mol. The van der Waals surface area contributed by atoms with Crippen LogP contribution in [-0.2, 0) is 9.63 Å². The molecule has 0 unspecified atom stereocenters. The van der Waals surface area contributed by atoms with Gasteiger partial charge in [-0.25, -0.2) is 4.79 Å². The van der Waals surface area contributed by atoms with Crippen LogP contribution < -0.4 is 0 Å². The molecule has 0 aliphatic heterocycles. The largest absolute Gasteiger partial charge is 0.507 e. The Morgan fingerprint density at radius 3 is 2.33 bits per heavy atom. The smallest absolute Gasteiger partial charge is 0.331 e. The summed E-state index contributed by atoms with van der Waals surface area (Å²) in [5, 5.41) is 14.9. The quantitative estimate of drug-likeness (QED) is 0.327. The number of hydrogen-bond acceptors (Lipinski definition) is 5. The predicted octanol–water partition coefficient (Wildman–Crippen LogP) is 4.13. The lowest BCUT2D eigenvalue weighted by atomic mass is 10.0. The van der Waals surface area contributed by atoms with E-state index in [0.29, 0.717) is 22.2 Å². The Labute approximate surface area is 156 Å². The number of nitrogens with zero attached hydrogens (tertiary/aromatic N) is 2. The molecule has 3 aromatic rings. The predicted molar refractivity (Wildman–Crippen MR) is 104 cm³/mol. The zero-order valence-corrected chi connectivity index (χ0v) is 15.6. The number of Topliss-reactive ketones (excluding diaryl/α,β-unsaturated/α-hetero) is 1. The number of fused-ring (bicyclic) bond motifs is 1. The van der Waals surface area contributed by atoms with Crippen LogP contribution in [0.4, 0.5) is 0 Å². The number of aromatic hydroxyl groups is 1. The minimum atomic E-state index is -0.544. The van der Waals surface area contributed by atoms with Gasteiger partial charge in [-0.15, -0.1) is 0 Å². The number of aromatic nitrogens is 1. The number of phenols is 1. The minimum absolute atomic E-state index is 0.0383. The van der Waals surface area contributed by atoms with Gasteiger partial charge in [0.05, 0.1) is 11.2 Å². The van der Waals surface area contributed by atoms with Crippen LogP contribution in [0.25, 0.3) is 16.6 Å². The van der Waals surface area contributed by atoms with Crippen LogP contribution in [0, 0.1) is 6.92 Å². The maximum atomic E-state index is 12.3. The van der Waals surface area contributed by atoms with E-state index >= 15 is 0 Å². The van der Waals surface area contributed by atoms with E-state index in [1.54, 1.807) is 19.1 Å². The van der Waals surface area contributed by atoms with Crippen LogP contribution in [-0.4, -0.2) is 27.1 Å². The molecule has 0 spiro atoms. The van der Waals surface area contributed by atoms with E-state index in [1.165, 1.54) is 13.8 Å². The zero-order chi connectivity index (χ0) is 19.7. The third-order valence-electron chi connectivity index (χ3n) is 4.39. The van der Waals surface area contributed by atoms with Crippen molar-refractivity contribution in [3.05, 3.63) is 59.3 Å². The summed E-state index contributed by atoms with van der Waals surface area (Å²) < 4.78 is 1.97. The van der Waals surface area contributed by atoms with E-state index in [1.807, 2.05) is 41.8 Å². The van der Waals surface area contributed by atoms with Crippen LogP contribution in [0.3, 0.4) is 0 Å². The molecule has 0 atom stereocenters. The van der Waals surface area contributed by atoms with Gasteiger partial charge in [0.2, 0.25) is 0 Å². The Bertz CT molecular complexity index is 1080. The highest BCUT2D eigenvalue weighted by molar-refractivity contribution is 6.12. The lowest BCUT2D eigenvalue weighted by molar-refractivity contribution is -0.140. The van der Waals surface area contributed by atoms with Gasteiger partial charge in [-0.2, -0.15) is 0 Å². The first-order chi connectivity index (χ1) is 12.8. The average molecular weight is 364 g/mol. The summed E-state index contributed by atoms with van der Waals surface area (Å²) in [6.07, 6.45) is 0. The number of para-hydroxylation sites is 1. The fraction of sp³-hybridized carbons (Fsp3) is 0.190. The Morgan fingerprint density at radius 2 is 1.74 bits per heavy atom. The third kappa shape index (κ3) is 3.33. The van der Waals surface area contributed by atoms with Crippen molar-refractivity contribution in [2.45, 2.75) is 27.7 Å². The Balaban J connectivity index is 2.33. The molecule has 0 radical (unpaired) electrons. The fourth-order valence-corrected chi connectivity index (χ4v) is 3.28. The molecule has 0 aliphatic rings. The number of hydrogen-bond donors (Lipinski definition) is 1. The number of rotatable bonds is 4. The Kier molecular flexibility index (Phi) is 4.81. The monoisotopic (exact) mass is 364 g/mol. The van der Waals surface area contributed by atoms with Crippen LogP contribution in [0.15, 0.2) is 47.6 Å². The SMILES string of the molecule is CC(=O)O/N=C(/C)c1cc2c(cc1O)c(C(C)=O)c(C)n2-c1ccccc1. The molecule has 6 heteroatoms. The highest BCUT2D eigenvalue weighted by Crippen LogP contribution is 2.34. The Morgan fingerprint density at radius 1 is 1.07 bits per heavy atom. The molecule has 138 valence electrons. The summed E-state index contributed by atoms with van der Waals surface area (Å²) in [5.74, 6) is -0.662. The molecule has 0 bridgehead atoms. The molecule has 0 saturated heterocycles. The molecule has 0 amide bonds. The molecule has 1 aromatic heterocycles. The number of benzene rings is 2. The van der Waals surface area contributed by atoms with Gasteiger partial charge in [-0.05, 0) is 45.0 Å². The van der Waals surface area contributed by atoms with Gasteiger partial charge in [-0.3, -0.25) is 4.79 Å². The summed E-state index contributed by atoms with van der Waals surface area (Å²) in [5.41, 5.74) is 3.79. The van der Waals surface area contributed by atoms with Gasteiger partial charge >= 0.3 is 5.97 Å². The van der Waals surface area contributed by atoms with E-state index in [0.717, 1.165) is 16.9 Å². The summed E-state index contributed by atoms with van der Waals surface area (Å²) in [7, 11) is 0. The standard InChI is InChI=1S/C21H20N2O4/c1-12(22-27-15(4)25)17-10-19-18(11-20(17)26)21(14(3)24)13(2)23(19)16-8-6-5-7-9-16/h5-11,26H,1-4H3/b22-12-. The van der Waals surface area contributed by atoms with Crippen molar-refractivity contribution in [1.29, 1.82) is 0 Å². The number of oxime groups is 1. The number of phenolic OH excluding ortho intramolecular Hbond substituents is 1. The maximum Gasteiger partial charge on any atom is 0.331 e. The first kappa shape index (κ1) is 18.4. The van der Waals surface area contributed by atoms with Crippen molar-refractivity contribution in [3.63, 3.8) is 0 Å². The molecule has 3 rings (SSSR count). The van der Waals surface area contributed by atoms with Gasteiger partial charge in [0, 0.05) is 34.8 Å². The molecule has 0 saturated carbocycles. The first-order valence-corrected chi connectivity index (χ1v) is 8.48. The summed E-state index contributed by atoms with van der Waals surface area (Å²) in [4.78, 5) is 27.9. The van der Waals surface area contributed by atoms with Crippen molar-refractivity contribution in [2.75, 3.05) is 0 Å². The van der Waals surface area contributed by atoms with Gasteiger partial charge in [0.15, 0.2) is 5.78 Å². The lowest BCUT2D eigenvalue weighted by Crippen LogP contribution is -2.01. The molecule has 1 N–H and O–H groups in total. The summed E-state index contributed by atoms with van der Waals surface area (Å²) in [6.45, 7) is 6.27. The normalized spacial score (nSPS) is 11.6. The van der Waals surface area contributed by atoms with Gasteiger partial charge in [0.25, 0.3) is 0 Å². The van der Waals surface area contributed by atoms with Crippen LogP contribution >= 0.6 is 0 Å². The molecule has 0 fully saturated rings. The molecule has 1 heterocycles. The highest BCUT2D eigenvalue weighted by atomic mass is 16.7. The second-order valence-electron chi connectivity index (χ2n) is 6.33. The topological polar surface area (TPSA) is 80.9 Å². The van der Waals surface area contributed by atoms with E-state index in [-0.39, 0.29) is 11.5 Å². The average Bonchev–Trinajstić information content (AvgIpc) is 2.90. The minimum Gasteiger partial charge on any atom is -0.507 e. The van der Waals surface area contributed by atoms with Crippen molar-refractivity contribution in [3.8, 4) is 11.4 Å². The molecule has 2 aromatic carbocycles. The van der Waals surface area contributed by atoms with Gasteiger partial charge < -0.3 is 14.5 Å².